The van der Waals surface area contributed by atoms with Gasteiger partial charge in [-0.3, -0.25) is 0 Å². The molecule has 11 heavy (non-hydrogen) atoms. The van der Waals surface area contributed by atoms with Crippen molar-refractivity contribution in [3.05, 3.63) is 0 Å². The first kappa shape index (κ1) is 11.0. The maximum atomic E-state index is 5.85. The number of ether oxygens (including phenoxy) is 1. The van der Waals surface area contributed by atoms with Gasteiger partial charge in [-0.1, -0.05) is 20.8 Å². The van der Waals surface area contributed by atoms with Crippen molar-refractivity contribution in [2.75, 3.05) is 0 Å². The van der Waals surface area contributed by atoms with E-state index < -0.39 is 0 Å². The third-order valence-electron chi connectivity index (χ3n) is 2.43. The molecule has 0 aliphatic heterocycles. The number of hydrogen-bond acceptors (Lipinski definition) is 1. The van der Waals surface area contributed by atoms with E-state index in [2.05, 4.69) is 41.5 Å². The van der Waals surface area contributed by atoms with Gasteiger partial charge in [-0.15, -0.1) is 0 Å². The quantitative estimate of drug-likeness (QED) is 0.610. The molecule has 0 aromatic heterocycles. The van der Waals surface area contributed by atoms with Crippen molar-refractivity contribution < 1.29 is 4.74 Å². The Labute approximate surface area is 71.1 Å². The standard InChI is InChI=1S/C10H22O/c1-7-10(6,8(2)3)11-9(4)5/h8-9H,7H2,1-6H3. The van der Waals surface area contributed by atoms with Crippen LogP contribution in [-0.2, 0) is 4.74 Å². The maximum Gasteiger partial charge on any atom is 0.0678 e. The van der Waals surface area contributed by atoms with Crippen LogP contribution >= 0.6 is 0 Å². The van der Waals surface area contributed by atoms with Crippen molar-refractivity contribution >= 4 is 0 Å². The van der Waals surface area contributed by atoms with Crippen molar-refractivity contribution in [2.45, 2.75) is 59.7 Å². The highest BCUT2D eigenvalue weighted by molar-refractivity contribution is 4.77. The van der Waals surface area contributed by atoms with Gasteiger partial charge >= 0.3 is 0 Å². The van der Waals surface area contributed by atoms with E-state index in [0.717, 1.165) is 6.42 Å². The van der Waals surface area contributed by atoms with Crippen LogP contribution in [-0.4, -0.2) is 11.7 Å². The highest BCUT2D eigenvalue weighted by Gasteiger charge is 2.27. The zero-order valence-electron chi connectivity index (χ0n) is 8.77. The second-order valence-electron chi connectivity index (χ2n) is 3.99. The zero-order valence-corrected chi connectivity index (χ0v) is 8.77. The Hall–Kier alpha value is -0.0400. The van der Waals surface area contributed by atoms with Crippen LogP contribution in [0.1, 0.15) is 48.0 Å². The molecule has 0 bridgehead atoms. The summed E-state index contributed by atoms with van der Waals surface area (Å²) in [5.41, 5.74) is 0.0637. The second-order valence-corrected chi connectivity index (χ2v) is 3.99. The summed E-state index contributed by atoms with van der Waals surface area (Å²) in [4.78, 5) is 0. The molecule has 0 spiro atoms. The largest absolute Gasteiger partial charge is 0.372 e. The van der Waals surface area contributed by atoms with Crippen molar-refractivity contribution in [2.24, 2.45) is 5.92 Å². The topological polar surface area (TPSA) is 9.23 Å². The summed E-state index contributed by atoms with van der Waals surface area (Å²) >= 11 is 0. The van der Waals surface area contributed by atoms with Gasteiger partial charge in [-0.2, -0.15) is 0 Å². The molecule has 0 amide bonds. The lowest BCUT2D eigenvalue weighted by Crippen LogP contribution is -2.36. The molecule has 0 aliphatic carbocycles. The molecule has 0 aliphatic rings. The van der Waals surface area contributed by atoms with Crippen molar-refractivity contribution in [1.29, 1.82) is 0 Å². The highest BCUT2D eigenvalue weighted by atomic mass is 16.5. The van der Waals surface area contributed by atoms with Crippen molar-refractivity contribution in [1.82, 2.24) is 0 Å². The summed E-state index contributed by atoms with van der Waals surface area (Å²) in [6.07, 6.45) is 1.42. The van der Waals surface area contributed by atoms with E-state index in [-0.39, 0.29) is 5.60 Å². The molecule has 0 N–H and O–H groups in total. The summed E-state index contributed by atoms with van der Waals surface area (Å²) in [6, 6.07) is 0. The second kappa shape index (κ2) is 4.10. The number of rotatable bonds is 4. The van der Waals surface area contributed by atoms with Crippen molar-refractivity contribution in [3.63, 3.8) is 0 Å². The minimum absolute atomic E-state index is 0.0637. The van der Waals surface area contributed by atoms with E-state index in [4.69, 9.17) is 4.74 Å². The molecule has 0 heterocycles. The van der Waals surface area contributed by atoms with E-state index in [0.29, 0.717) is 12.0 Å². The fourth-order valence-corrected chi connectivity index (χ4v) is 1.17. The van der Waals surface area contributed by atoms with Crippen molar-refractivity contribution in [3.8, 4) is 0 Å². The molecule has 0 aromatic carbocycles. The molecule has 0 saturated carbocycles. The summed E-state index contributed by atoms with van der Waals surface area (Å²) in [5.74, 6) is 0.592. The molecule has 0 saturated heterocycles. The van der Waals surface area contributed by atoms with Crippen LogP contribution in [0.25, 0.3) is 0 Å². The fraction of sp³-hybridized carbons (Fsp3) is 1.00. The zero-order chi connectivity index (χ0) is 9.07. The molecular weight excluding hydrogens is 136 g/mol. The van der Waals surface area contributed by atoms with Gasteiger partial charge in [0.25, 0.3) is 0 Å². The monoisotopic (exact) mass is 158 g/mol. The molecular formula is C10H22O. The number of hydrogen-bond donors (Lipinski definition) is 0. The Morgan fingerprint density at radius 1 is 1.18 bits per heavy atom. The first-order chi connectivity index (χ1) is 4.92. The van der Waals surface area contributed by atoms with E-state index in [9.17, 15) is 0 Å². The molecule has 0 rings (SSSR count). The van der Waals surface area contributed by atoms with Crippen LogP contribution in [0.2, 0.25) is 0 Å². The Kier molecular flexibility index (Phi) is 4.09. The van der Waals surface area contributed by atoms with Crippen LogP contribution in [0, 0.1) is 5.92 Å². The summed E-state index contributed by atoms with van der Waals surface area (Å²) in [7, 11) is 0. The average Bonchev–Trinajstić information content (AvgIpc) is 1.86. The smallest absolute Gasteiger partial charge is 0.0678 e. The Bertz CT molecular complexity index is 107. The van der Waals surface area contributed by atoms with Crippen LogP contribution in [0.15, 0.2) is 0 Å². The SMILES string of the molecule is CCC(C)(OC(C)C)C(C)C. The highest BCUT2D eigenvalue weighted by Crippen LogP contribution is 2.26. The lowest BCUT2D eigenvalue weighted by molar-refractivity contribution is -0.0984. The van der Waals surface area contributed by atoms with Crippen LogP contribution in [0.3, 0.4) is 0 Å². The van der Waals surface area contributed by atoms with Gasteiger partial charge < -0.3 is 4.74 Å². The van der Waals surface area contributed by atoms with E-state index in [1.807, 2.05) is 0 Å². The first-order valence-corrected chi connectivity index (χ1v) is 4.60. The fourth-order valence-electron chi connectivity index (χ4n) is 1.17. The maximum absolute atomic E-state index is 5.85. The lowest BCUT2D eigenvalue weighted by Gasteiger charge is -2.34. The normalized spacial score (nSPS) is 17.5. The van der Waals surface area contributed by atoms with Gasteiger partial charge in [0.1, 0.15) is 0 Å². The molecule has 1 unspecified atom stereocenters. The third kappa shape index (κ3) is 3.24. The predicted molar refractivity (Wildman–Crippen MR) is 49.8 cm³/mol. The molecule has 68 valence electrons. The molecule has 1 heteroatoms. The van der Waals surface area contributed by atoms with E-state index in [1.54, 1.807) is 0 Å². The predicted octanol–water partition coefficient (Wildman–Crippen LogP) is 3.24. The Morgan fingerprint density at radius 2 is 1.64 bits per heavy atom. The summed E-state index contributed by atoms with van der Waals surface area (Å²) in [5, 5.41) is 0. The lowest BCUT2D eigenvalue weighted by atomic mass is 9.89. The van der Waals surface area contributed by atoms with Gasteiger partial charge in [-0.25, -0.2) is 0 Å². The van der Waals surface area contributed by atoms with E-state index >= 15 is 0 Å². The van der Waals surface area contributed by atoms with Crippen LogP contribution in [0.4, 0.5) is 0 Å². The van der Waals surface area contributed by atoms with Gasteiger partial charge in [0, 0.05) is 0 Å². The van der Waals surface area contributed by atoms with Gasteiger partial charge in [0.05, 0.1) is 11.7 Å². The summed E-state index contributed by atoms with van der Waals surface area (Å²) < 4.78 is 5.85. The Morgan fingerprint density at radius 3 is 1.73 bits per heavy atom. The molecule has 0 fully saturated rings. The summed E-state index contributed by atoms with van der Waals surface area (Å²) in [6.45, 7) is 13.0. The van der Waals surface area contributed by atoms with Crippen LogP contribution < -0.4 is 0 Å². The van der Waals surface area contributed by atoms with Gasteiger partial charge in [0.2, 0.25) is 0 Å². The first-order valence-electron chi connectivity index (χ1n) is 4.60. The van der Waals surface area contributed by atoms with Gasteiger partial charge in [-0.05, 0) is 33.1 Å². The molecule has 0 radical (unpaired) electrons. The molecule has 1 nitrogen and oxygen atoms in total. The average molecular weight is 158 g/mol. The minimum atomic E-state index is 0.0637. The van der Waals surface area contributed by atoms with E-state index in [1.165, 1.54) is 0 Å². The third-order valence-corrected chi connectivity index (χ3v) is 2.43. The minimum Gasteiger partial charge on any atom is -0.372 e. The van der Waals surface area contributed by atoms with Crippen LogP contribution in [0.5, 0.6) is 0 Å². The molecule has 0 aromatic rings. The Balaban J connectivity index is 4.10. The molecule has 1 atom stereocenters. The van der Waals surface area contributed by atoms with Gasteiger partial charge in [0.15, 0.2) is 0 Å².